The predicted molar refractivity (Wildman–Crippen MR) is 86.0 cm³/mol. The van der Waals surface area contributed by atoms with Gasteiger partial charge in [-0.25, -0.2) is 4.98 Å². The highest BCUT2D eigenvalue weighted by Crippen LogP contribution is 2.42. The van der Waals surface area contributed by atoms with Gasteiger partial charge in [-0.05, 0) is 37.0 Å². The summed E-state index contributed by atoms with van der Waals surface area (Å²) in [6.45, 7) is 7.08. The van der Waals surface area contributed by atoms with Crippen LogP contribution in [0.2, 0.25) is 0 Å². The Hall–Kier alpha value is -1.64. The molecule has 0 radical (unpaired) electrons. The highest BCUT2D eigenvalue weighted by Gasteiger charge is 2.31. The van der Waals surface area contributed by atoms with Crippen LogP contribution in [0.4, 0.5) is 0 Å². The first-order chi connectivity index (χ1) is 10.0. The molecule has 1 saturated carbocycles. The largest absolute Gasteiger partial charge is 0.262 e. The van der Waals surface area contributed by atoms with Crippen LogP contribution in [0.1, 0.15) is 58.2 Å². The molecule has 0 bridgehead atoms. The topological polar surface area (TPSA) is 41.6 Å². The molecular formula is C18H25N3. The molecule has 1 fully saturated rings. The number of hydrogen-bond donors (Lipinski definition) is 1. The molecule has 3 rings (SSSR count). The van der Waals surface area contributed by atoms with Crippen molar-refractivity contribution < 1.29 is 0 Å². The minimum atomic E-state index is 0.432. The van der Waals surface area contributed by atoms with Crippen LogP contribution in [0.5, 0.6) is 0 Å². The van der Waals surface area contributed by atoms with E-state index in [1.165, 1.54) is 25.7 Å². The zero-order valence-electron chi connectivity index (χ0n) is 13.3. The number of hydrogen-bond acceptors (Lipinski definition) is 2. The van der Waals surface area contributed by atoms with Gasteiger partial charge in [0.25, 0.3) is 0 Å². The van der Waals surface area contributed by atoms with Gasteiger partial charge in [-0.3, -0.25) is 5.10 Å². The third-order valence-corrected chi connectivity index (χ3v) is 4.87. The fourth-order valence-electron chi connectivity index (χ4n) is 3.41. The molecule has 1 aromatic heterocycles. The zero-order chi connectivity index (χ0) is 14.9. The Morgan fingerprint density at radius 3 is 2.29 bits per heavy atom. The van der Waals surface area contributed by atoms with Crippen molar-refractivity contribution in [2.75, 3.05) is 0 Å². The third-order valence-electron chi connectivity index (χ3n) is 4.87. The Morgan fingerprint density at radius 1 is 1.00 bits per heavy atom. The standard InChI is InChI=1S/C18H25N3/c1-18(2,3)15-11-9-14(10-12-15)17-19-16(20-21-17)13-7-5-4-6-8-13/h4-8,14-15H,9-12H2,1-3H3,(H,19,20,21). The summed E-state index contributed by atoms with van der Waals surface area (Å²) in [6, 6.07) is 10.2. The molecule has 0 aliphatic heterocycles. The Kier molecular flexibility index (Phi) is 3.83. The quantitative estimate of drug-likeness (QED) is 0.860. The van der Waals surface area contributed by atoms with Crippen LogP contribution in [0.25, 0.3) is 11.4 Å². The van der Waals surface area contributed by atoms with Crippen LogP contribution in [0, 0.1) is 11.3 Å². The number of nitrogens with zero attached hydrogens (tertiary/aromatic N) is 2. The Morgan fingerprint density at radius 2 is 1.67 bits per heavy atom. The van der Waals surface area contributed by atoms with Gasteiger partial charge >= 0.3 is 0 Å². The second-order valence-electron chi connectivity index (χ2n) is 7.32. The molecule has 112 valence electrons. The smallest absolute Gasteiger partial charge is 0.181 e. The summed E-state index contributed by atoms with van der Waals surface area (Å²) in [7, 11) is 0. The number of H-pyrrole nitrogens is 1. The fourth-order valence-corrected chi connectivity index (χ4v) is 3.41. The van der Waals surface area contributed by atoms with Gasteiger partial charge in [0.15, 0.2) is 5.82 Å². The van der Waals surface area contributed by atoms with Crippen molar-refractivity contribution in [1.29, 1.82) is 0 Å². The molecule has 1 aliphatic rings. The van der Waals surface area contributed by atoms with Crippen LogP contribution in [-0.4, -0.2) is 15.2 Å². The van der Waals surface area contributed by atoms with E-state index in [1.54, 1.807) is 0 Å². The molecule has 0 unspecified atom stereocenters. The molecule has 3 nitrogen and oxygen atoms in total. The van der Waals surface area contributed by atoms with E-state index < -0.39 is 0 Å². The lowest BCUT2D eigenvalue weighted by Gasteiger charge is -2.36. The Balaban J connectivity index is 1.68. The highest BCUT2D eigenvalue weighted by molar-refractivity contribution is 5.53. The van der Waals surface area contributed by atoms with E-state index >= 15 is 0 Å². The highest BCUT2D eigenvalue weighted by atomic mass is 15.2. The van der Waals surface area contributed by atoms with Crippen molar-refractivity contribution in [3.8, 4) is 11.4 Å². The van der Waals surface area contributed by atoms with Crippen LogP contribution >= 0.6 is 0 Å². The molecule has 1 heterocycles. The van der Waals surface area contributed by atoms with Crippen molar-refractivity contribution in [2.24, 2.45) is 11.3 Å². The SMILES string of the molecule is CC(C)(C)C1CCC(c2nc(-c3ccccc3)n[nH]2)CC1. The normalized spacial score (nSPS) is 23.2. The van der Waals surface area contributed by atoms with E-state index in [0.29, 0.717) is 11.3 Å². The molecule has 0 saturated heterocycles. The average Bonchev–Trinajstić information content (AvgIpc) is 2.97. The molecule has 3 heteroatoms. The van der Waals surface area contributed by atoms with Gasteiger partial charge in [0, 0.05) is 11.5 Å². The van der Waals surface area contributed by atoms with Gasteiger partial charge in [0.1, 0.15) is 5.82 Å². The predicted octanol–water partition coefficient (Wildman–Crippen LogP) is 4.79. The summed E-state index contributed by atoms with van der Waals surface area (Å²) in [5.74, 6) is 3.28. The number of rotatable bonds is 2. The van der Waals surface area contributed by atoms with Crippen LogP contribution in [0.15, 0.2) is 30.3 Å². The van der Waals surface area contributed by atoms with Gasteiger partial charge < -0.3 is 0 Å². The number of benzene rings is 1. The van der Waals surface area contributed by atoms with Crippen LogP contribution in [-0.2, 0) is 0 Å². The summed E-state index contributed by atoms with van der Waals surface area (Å²) < 4.78 is 0. The first-order valence-electron chi connectivity index (χ1n) is 8.02. The molecule has 0 atom stereocenters. The van der Waals surface area contributed by atoms with Gasteiger partial charge in [0.05, 0.1) is 0 Å². The molecule has 1 aromatic carbocycles. The maximum Gasteiger partial charge on any atom is 0.181 e. The molecular weight excluding hydrogens is 258 g/mol. The van der Waals surface area contributed by atoms with E-state index in [2.05, 4.69) is 43.1 Å². The summed E-state index contributed by atoms with van der Waals surface area (Å²) >= 11 is 0. The second kappa shape index (κ2) is 5.63. The molecule has 1 aliphatic carbocycles. The van der Waals surface area contributed by atoms with E-state index in [4.69, 9.17) is 4.98 Å². The van der Waals surface area contributed by atoms with Crippen LogP contribution in [0.3, 0.4) is 0 Å². The van der Waals surface area contributed by atoms with E-state index in [9.17, 15) is 0 Å². The summed E-state index contributed by atoms with van der Waals surface area (Å²) in [5.41, 5.74) is 1.52. The van der Waals surface area contributed by atoms with Gasteiger partial charge in [-0.15, -0.1) is 0 Å². The average molecular weight is 283 g/mol. The summed E-state index contributed by atoms with van der Waals surface area (Å²) in [4.78, 5) is 4.72. The molecule has 0 amide bonds. The summed E-state index contributed by atoms with van der Waals surface area (Å²) in [6.07, 6.45) is 5.06. The number of aromatic amines is 1. The number of nitrogens with one attached hydrogen (secondary N) is 1. The summed E-state index contributed by atoms with van der Waals surface area (Å²) in [5, 5.41) is 7.56. The zero-order valence-corrected chi connectivity index (χ0v) is 13.3. The van der Waals surface area contributed by atoms with Crippen molar-refractivity contribution in [2.45, 2.75) is 52.4 Å². The van der Waals surface area contributed by atoms with E-state index in [1.807, 2.05) is 18.2 Å². The fraction of sp³-hybridized carbons (Fsp3) is 0.556. The minimum Gasteiger partial charge on any atom is -0.262 e. The van der Waals surface area contributed by atoms with Gasteiger partial charge in [0.2, 0.25) is 0 Å². The maximum absolute atomic E-state index is 4.72. The first kappa shape index (κ1) is 14.3. The first-order valence-corrected chi connectivity index (χ1v) is 8.02. The molecule has 0 spiro atoms. The van der Waals surface area contributed by atoms with Crippen molar-refractivity contribution in [1.82, 2.24) is 15.2 Å². The molecule has 2 aromatic rings. The monoisotopic (exact) mass is 283 g/mol. The van der Waals surface area contributed by atoms with Crippen molar-refractivity contribution in [3.63, 3.8) is 0 Å². The maximum atomic E-state index is 4.72. The lowest BCUT2D eigenvalue weighted by Crippen LogP contribution is -2.25. The Labute approximate surface area is 127 Å². The lowest BCUT2D eigenvalue weighted by molar-refractivity contribution is 0.167. The van der Waals surface area contributed by atoms with E-state index in [0.717, 1.165) is 23.1 Å². The van der Waals surface area contributed by atoms with Gasteiger partial charge in [-0.2, -0.15) is 5.10 Å². The Bertz CT molecular complexity index is 572. The molecule has 21 heavy (non-hydrogen) atoms. The van der Waals surface area contributed by atoms with E-state index in [-0.39, 0.29) is 0 Å². The van der Waals surface area contributed by atoms with Crippen molar-refractivity contribution >= 4 is 0 Å². The van der Waals surface area contributed by atoms with Crippen LogP contribution < -0.4 is 0 Å². The molecule has 1 N–H and O–H groups in total. The lowest BCUT2D eigenvalue weighted by atomic mass is 9.70. The minimum absolute atomic E-state index is 0.432. The van der Waals surface area contributed by atoms with Gasteiger partial charge in [-0.1, -0.05) is 51.1 Å². The third kappa shape index (κ3) is 3.17. The second-order valence-corrected chi connectivity index (χ2v) is 7.32. The van der Waals surface area contributed by atoms with Crippen molar-refractivity contribution in [3.05, 3.63) is 36.2 Å². The number of aromatic nitrogens is 3.